The molecule has 3 rings (SSSR count). The Morgan fingerprint density at radius 2 is 2.23 bits per heavy atom. The fourth-order valence-corrected chi connectivity index (χ4v) is 1.13. The molecule has 0 radical (unpaired) electrons. The summed E-state index contributed by atoms with van der Waals surface area (Å²) in [5.74, 6) is 0.251. The van der Waals surface area contributed by atoms with E-state index in [2.05, 4.69) is 30.1 Å². The van der Waals surface area contributed by atoms with Crippen molar-refractivity contribution in [2.45, 2.75) is 0 Å². The van der Waals surface area contributed by atoms with Gasteiger partial charge in [-0.25, -0.2) is 9.61 Å². The molecule has 0 aliphatic heterocycles. The van der Waals surface area contributed by atoms with Gasteiger partial charge in [0.2, 0.25) is 16.9 Å². The molecule has 2 N–H and O–H groups in total. The van der Waals surface area contributed by atoms with Crippen molar-refractivity contribution >= 4 is 22.8 Å². The zero-order valence-corrected chi connectivity index (χ0v) is 6.25. The maximum absolute atomic E-state index is 5.58. The smallest absolute Gasteiger partial charge is 0.244 e. The van der Waals surface area contributed by atoms with E-state index in [9.17, 15) is 0 Å². The van der Waals surface area contributed by atoms with Gasteiger partial charge in [0.1, 0.15) is 6.33 Å². The van der Waals surface area contributed by atoms with Gasteiger partial charge in [0.05, 0.1) is 0 Å². The van der Waals surface area contributed by atoms with Crippen LogP contribution in [0.2, 0.25) is 0 Å². The number of rotatable bonds is 0. The average molecular weight is 177 g/mol. The molecule has 0 spiro atoms. The highest BCUT2D eigenvalue weighted by Gasteiger charge is 2.11. The van der Waals surface area contributed by atoms with E-state index in [0.717, 1.165) is 0 Å². The van der Waals surface area contributed by atoms with Gasteiger partial charge in [-0.1, -0.05) is 0 Å². The summed E-state index contributed by atoms with van der Waals surface area (Å²) in [6, 6.07) is 0. The lowest BCUT2D eigenvalue weighted by atomic mass is 10.6. The van der Waals surface area contributed by atoms with Gasteiger partial charge in [0.15, 0.2) is 5.82 Å². The Balaban J connectivity index is 2.70. The van der Waals surface area contributed by atoms with E-state index in [0.29, 0.717) is 16.9 Å². The summed E-state index contributed by atoms with van der Waals surface area (Å²) in [6.07, 6.45) is 1.47. The van der Waals surface area contributed by atoms with Gasteiger partial charge in [-0.2, -0.15) is 0 Å². The quantitative estimate of drug-likeness (QED) is 0.480. The highest BCUT2D eigenvalue weighted by molar-refractivity contribution is 5.74. The first-order valence-corrected chi connectivity index (χ1v) is 3.44. The predicted molar refractivity (Wildman–Crippen MR) is 40.6 cm³/mol. The third kappa shape index (κ3) is 0.662. The number of aromatic nitrogens is 6. The Hall–Kier alpha value is -2.25. The first-order chi connectivity index (χ1) is 6.36. The molecule has 0 aromatic carbocycles. The lowest BCUT2D eigenvalue weighted by Crippen LogP contribution is -1.97. The Morgan fingerprint density at radius 1 is 1.31 bits per heavy atom. The number of nitrogens with zero attached hydrogens (tertiary/aromatic N) is 6. The average Bonchev–Trinajstić information content (AvgIpc) is 2.66. The number of nitrogen functional groups attached to an aromatic ring is 1. The monoisotopic (exact) mass is 177 g/mol. The van der Waals surface area contributed by atoms with Gasteiger partial charge in [0, 0.05) is 0 Å². The third-order valence-electron chi connectivity index (χ3n) is 1.69. The number of fused-ring (bicyclic) bond motifs is 3. The highest BCUT2D eigenvalue weighted by Crippen LogP contribution is 2.13. The molecule has 0 bridgehead atoms. The molecular formula is C5H3N7O. The molecule has 0 saturated heterocycles. The van der Waals surface area contributed by atoms with Crippen molar-refractivity contribution in [2.24, 2.45) is 0 Å². The Labute approximate surface area is 70.3 Å². The molecule has 3 aromatic heterocycles. The van der Waals surface area contributed by atoms with E-state index in [1.54, 1.807) is 4.40 Å². The number of hydrogen-bond donors (Lipinski definition) is 1. The molecule has 8 heteroatoms. The van der Waals surface area contributed by atoms with Crippen molar-refractivity contribution in [2.75, 3.05) is 5.73 Å². The maximum Gasteiger partial charge on any atom is 0.244 e. The molecule has 8 nitrogen and oxygen atoms in total. The highest BCUT2D eigenvalue weighted by atomic mass is 16.6. The minimum atomic E-state index is 0.251. The van der Waals surface area contributed by atoms with Gasteiger partial charge in [-0.15, -0.1) is 10.2 Å². The largest absolute Gasteiger partial charge is 0.380 e. The topological polar surface area (TPSA) is 108 Å². The van der Waals surface area contributed by atoms with Crippen LogP contribution >= 0.6 is 0 Å². The maximum atomic E-state index is 5.58. The van der Waals surface area contributed by atoms with Crippen LogP contribution < -0.4 is 5.73 Å². The van der Waals surface area contributed by atoms with Crippen molar-refractivity contribution in [3.05, 3.63) is 6.33 Å². The van der Waals surface area contributed by atoms with Gasteiger partial charge in [-0.05, 0) is 10.3 Å². The minimum Gasteiger partial charge on any atom is -0.380 e. The first kappa shape index (κ1) is 6.29. The number of nitrogens with two attached hydrogens (primary N) is 1. The molecule has 3 aromatic rings. The van der Waals surface area contributed by atoms with Crippen molar-refractivity contribution in [3.63, 3.8) is 0 Å². The second-order valence-corrected chi connectivity index (χ2v) is 2.43. The summed E-state index contributed by atoms with van der Waals surface area (Å²) in [7, 11) is 0. The molecule has 13 heavy (non-hydrogen) atoms. The van der Waals surface area contributed by atoms with E-state index < -0.39 is 0 Å². The van der Waals surface area contributed by atoms with Crippen LogP contribution in [-0.2, 0) is 0 Å². The van der Waals surface area contributed by atoms with Gasteiger partial charge in [-0.3, -0.25) is 4.40 Å². The van der Waals surface area contributed by atoms with E-state index in [4.69, 9.17) is 5.73 Å². The molecular weight excluding hydrogens is 174 g/mol. The van der Waals surface area contributed by atoms with Crippen LogP contribution in [0.3, 0.4) is 0 Å². The van der Waals surface area contributed by atoms with E-state index in [1.165, 1.54) is 6.33 Å². The summed E-state index contributed by atoms with van der Waals surface area (Å²) in [5, 5.41) is 14.6. The summed E-state index contributed by atoms with van der Waals surface area (Å²) in [4.78, 5) is 3.92. The minimum absolute atomic E-state index is 0.251. The number of anilines is 1. The van der Waals surface area contributed by atoms with E-state index in [-0.39, 0.29) is 5.82 Å². The molecule has 64 valence electrons. The van der Waals surface area contributed by atoms with Crippen LogP contribution in [0.25, 0.3) is 16.9 Å². The first-order valence-electron chi connectivity index (χ1n) is 3.44. The fourth-order valence-electron chi connectivity index (χ4n) is 1.13. The second kappa shape index (κ2) is 1.91. The van der Waals surface area contributed by atoms with Crippen LogP contribution in [0.15, 0.2) is 11.0 Å². The SMILES string of the molecule is Nc1nc2nonc2n2cnnc12. The summed E-state index contributed by atoms with van der Waals surface area (Å²) < 4.78 is 6.07. The molecule has 0 saturated carbocycles. The lowest BCUT2D eigenvalue weighted by molar-refractivity contribution is 0.314. The van der Waals surface area contributed by atoms with Crippen molar-refractivity contribution in [3.8, 4) is 0 Å². The Kier molecular flexibility index (Phi) is 0.925. The zero-order valence-electron chi connectivity index (χ0n) is 6.25. The Morgan fingerprint density at radius 3 is 3.15 bits per heavy atom. The molecule has 0 amide bonds. The van der Waals surface area contributed by atoms with E-state index in [1.807, 2.05) is 0 Å². The molecule has 3 heterocycles. The third-order valence-corrected chi connectivity index (χ3v) is 1.69. The zero-order chi connectivity index (χ0) is 8.84. The van der Waals surface area contributed by atoms with Gasteiger partial charge < -0.3 is 5.73 Å². The second-order valence-electron chi connectivity index (χ2n) is 2.43. The molecule has 0 aliphatic carbocycles. The molecule has 0 aliphatic rings. The van der Waals surface area contributed by atoms with Gasteiger partial charge in [0.25, 0.3) is 0 Å². The summed E-state index contributed by atoms with van der Waals surface area (Å²) in [6.45, 7) is 0. The van der Waals surface area contributed by atoms with Gasteiger partial charge >= 0.3 is 0 Å². The van der Waals surface area contributed by atoms with Crippen LogP contribution in [-0.4, -0.2) is 29.9 Å². The Bertz CT molecular complexity index is 581. The normalized spacial score (nSPS) is 11.4. The van der Waals surface area contributed by atoms with Crippen LogP contribution in [0.1, 0.15) is 0 Å². The van der Waals surface area contributed by atoms with Crippen LogP contribution in [0, 0.1) is 0 Å². The lowest BCUT2D eigenvalue weighted by Gasteiger charge is -1.93. The fraction of sp³-hybridized carbons (Fsp3) is 0. The van der Waals surface area contributed by atoms with Crippen LogP contribution in [0.4, 0.5) is 5.82 Å². The number of hydrogen-bond acceptors (Lipinski definition) is 7. The summed E-state index contributed by atoms with van der Waals surface area (Å²) >= 11 is 0. The van der Waals surface area contributed by atoms with E-state index >= 15 is 0 Å². The predicted octanol–water partition coefficient (Wildman–Crippen LogP) is -0.757. The van der Waals surface area contributed by atoms with Crippen molar-refractivity contribution in [1.29, 1.82) is 0 Å². The van der Waals surface area contributed by atoms with Crippen molar-refractivity contribution < 1.29 is 4.63 Å². The standard InChI is InChI=1S/C5H3N7O/c6-2-4-9-7-1-12(4)5-3(8-2)10-13-11-5/h1H,(H2,6,8,10). The van der Waals surface area contributed by atoms with Crippen LogP contribution in [0.5, 0.6) is 0 Å². The van der Waals surface area contributed by atoms with Crippen molar-refractivity contribution in [1.82, 2.24) is 29.9 Å². The molecule has 0 fully saturated rings. The molecule has 0 atom stereocenters. The summed E-state index contributed by atoms with van der Waals surface area (Å²) in [5.41, 5.74) is 6.82. The molecule has 0 unspecified atom stereocenters.